The maximum atomic E-state index is 13.1. The number of thiazole rings is 1. The van der Waals surface area contributed by atoms with Crippen LogP contribution in [0.3, 0.4) is 0 Å². The number of aliphatic hydroxyl groups is 2. The van der Waals surface area contributed by atoms with Gasteiger partial charge >= 0.3 is 0 Å². The van der Waals surface area contributed by atoms with Crippen LogP contribution in [0.25, 0.3) is 10.4 Å². The van der Waals surface area contributed by atoms with Crippen LogP contribution in [-0.2, 0) is 9.59 Å². The first-order chi connectivity index (χ1) is 19.1. The lowest BCUT2D eigenvalue weighted by atomic mass is 9.96. The minimum absolute atomic E-state index is 0.126. The van der Waals surface area contributed by atoms with E-state index in [1.807, 2.05) is 91.7 Å². The summed E-state index contributed by atoms with van der Waals surface area (Å²) in [6.07, 6.45) is -0.562. The number of carbonyl (C=O) groups excluding carboxylic acids is 2. The van der Waals surface area contributed by atoms with E-state index in [0.29, 0.717) is 6.54 Å². The van der Waals surface area contributed by atoms with E-state index in [1.54, 1.807) is 5.51 Å². The number of amides is 2. The lowest BCUT2D eigenvalue weighted by Gasteiger charge is -2.29. The van der Waals surface area contributed by atoms with Crippen LogP contribution >= 0.6 is 11.3 Å². The minimum Gasteiger partial charge on any atom is -0.394 e. The molecule has 0 saturated carbocycles. The Morgan fingerprint density at radius 3 is 2.33 bits per heavy atom. The summed E-state index contributed by atoms with van der Waals surface area (Å²) in [5.41, 5.74) is 4.19. The van der Waals surface area contributed by atoms with Crippen LogP contribution in [-0.4, -0.2) is 82.7 Å². The van der Waals surface area contributed by atoms with E-state index < -0.39 is 18.2 Å². The molecule has 2 aromatic rings. The van der Waals surface area contributed by atoms with Crippen molar-refractivity contribution in [2.75, 3.05) is 33.8 Å². The van der Waals surface area contributed by atoms with Crippen LogP contribution in [0.1, 0.15) is 72.2 Å². The molecule has 1 saturated heterocycles. The SMILES string of the molecule is CC.CC.CC(C)C(C)C(=O)N1CC(O)CC1C(=O)NC(CO)c1ccc(-c2scnc2C#CCN(C)C)cc1. The smallest absolute Gasteiger partial charge is 0.243 e. The van der Waals surface area contributed by atoms with E-state index in [1.165, 1.54) is 16.2 Å². The summed E-state index contributed by atoms with van der Waals surface area (Å²) in [7, 11) is 3.92. The van der Waals surface area contributed by atoms with E-state index in [-0.39, 0.29) is 43.2 Å². The molecule has 0 aliphatic carbocycles. The van der Waals surface area contributed by atoms with Gasteiger partial charge in [-0.3, -0.25) is 14.5 Å². The number of aliphatic hydroxyl groups excluding tert-OH is 2. The van der Waals surface area contributed by atoms with Crippen molar-refractivity contribution in [3.8, 4) is 22.3 Å². The first kappa shape index (κ1) is 35.3. The van der Waals surface area contributed by atoms with Crippen molar-refractivity contribution in [1.29, 1.82) is 0 Å². The Morgan fingerprint density at radius 2 is 1.77 bits per heavy atom. The molecule has 1 aromatic heterocycles. The van der Waals surface area contributed by atoms with Crippen LogP contribution in [0, 0.1) is 23.7 Å². The lowest BCUT2D eigenvalue weighted by Crippen LogP contribution is -2.49. The van der Waals surface area contributed by atoms with Crippen molar-refractivity contribution in [3.63, 3.8) is 0 Å². The number of rotatable bonds is 8. The van der Waals surface area contributed by atoms with Crippen molar-refractivity contribution < 1.29 is 19.8 Å². The molecular weight excluding hydrogens is 524 g/mol. The number of benzene rings is 1. The molecular formula is C31H48N4O4S. The van der Waals surface area contributed by atoms with E-state index in [0.717, 1.165) is 21.7 Å². The van der Waals surface area contributed by atoms with Gasteiger partial charge in [-0.1, -0.05) is 78.7 Å². The van der Waals surface area contributed by atoms with Crippen molar-refractivity contribution in [1.82, 2.24) is 20.1 Å². The third-order valence-electron chi connectivity index (χ3n) is 6.50. The molecule has 222 valence electrons. The van der Waals surface area contributed by atoms with Gasteiger partial charge in [0, 0.05) is 18.9 Å². The van der Waals surface area contributed by atoms with Crippen LogP contribution in [0.5, 0.6) is 0 Å². The zero-order chi connectivity index (χ0) is 30.4. The maximum absolute atomic E-state index is 13.1. The highest BCUT2D eigenvalue weighted by molar-refractivity contribution is 7.13. The van der Waals surface area contributed by atoms with Gasteiger partial charge in [0.05, 0.1) is 35.7 Å². The van der Waals surface area contributed by atoms with E-state index in [4.69, 9.17) is 0 Å². The van der Waals surface area contributed by atoms with Crippen LogP contribution in [0.4, 0.5) is 0 Å². The fourth-order valence-corrected chi connectivity index (χ4v) is 4.79. The van der Waals surface area contributed by atoms with Gasteiger partial charge in [-0.15, -0.1) is 11.3 Å². The van der Waals surface area contributed by atoms with Crippen molar-refractivity contribution in [3.05, 3.63) is 41.0 Å². The summed E-state index contributed by atoms with van der Waals surface area (Å²) in [4.78, 5) is 34.9. The Kier molecular flexibility index (Phi) is 15.7. The Bertz CT molecular complexity index is 1100. The molecule has 0 bridgehead atoms. The Balaban J connectivity index is 0.00000191. The van der Waals surface area contributed by atoms with Gasteiger partial charge in [-0.25, -0.2) is 4.98 Å². The molecule has 1 aliphatic rings. The van der Waals surface area contributed by atoms with E-state index >= 15 is 0 Å². The Morgan fingerprint density at radius 1 is 1.15 bits per heavy atom. The number of hydrogen-bond donors (Lipinski definition) is 3. The van der Waals surface area contributed by atoms with Gasteiger partial charge < -0.3 is 20.4 Å². The molecule has 1 aliphatic heterocycles. The molecule has 1 fully saturated rings. The highest BCUT2D eigenvalue weighted by Gasteiger charge is 2.41. The summed E-state index contributed by atoms with van der Waals surface area (Å²) < 4.78 is 0. The number of nitrogens with zero attached hydrogens (tertiary/aromatic N) is 3. The second-order valence-electron chi connectivity index (χ2n) is 9.86. The molecule has 0 spiro atoms. The van der Waals surface area contributed by atoms with Crippen molar-refractivity contribution in [2.24, 2.45) is 11.8 Å². The number of likely N-dealkylation sites (tertiary alicyclic amines) is 1. The lowest BCUT2D eigenvalue weighted by molar-refractivity contribution is -0.142. The number of nitrogens with one attached hydrogen (secondary N) is 1. The average molecular weight is 573 g/mol. The second kappa shape index (κ2) is 17.8. The first-order valence-corrected chi connectivity index (χ1v) is 15.1. The summed E-state index contributed by atoms with van der Waals surface area (Å²) >= 11 is 1.51. The molecule has 4 unspecified atom stereocenters. The summed E-state index contributed by atoms with van der Waals surface area (Å²) in [6, 6.07) is 6.18. The number of β-amino-alcohol motifs (C(OH)–C–C–N with tert-alkyl or cyclic N) is 1. The maximum Gasteiger partial charge on any atom is 0.243 e. The summed E-state index contributed by atoms with van der Waals surface area (Å²) in [6.45, 7) is 14.3. The highest BCUT2D eigenvalue weighted by Crippen LogP contribution is 2.29. The van der Waals surface area contributed by atoms with Gasteiger partial charge in [0.25, 0.3) is 0 Å². The fraction of sp³-hybridized carbons (Fsp3) is 0.581. The molecule has 0 radical (unpaired) electrons. The normalized spacial score (nSPS) is 17.6. The van der Waals surface area contributed by atoms with Gasteiger partial charge in [0.2, 0.25) is 11.8 Å². The monoisotopic (exact) mass is 572 g/mol. The highest BCUT2D eigenvalue weighted by atomic mass is 32.1. The fourth-order valence-electron chi connectivity index (χ4n) is 4.04. The van der Waals surface area contributed by atoms with Gasteiger partial charge in [0.1, 0.15) is 11.7 Å². The quantitative estimate of drug-likeness (QED) is 0.410. The van der Waals surface area contributed by atoms with Gasteiger partial charge in [-0.05, 0) is 37.1 Å². The average Bonchev–Trinajstić information content (AvgIpc) is 3.59. The number of carbonyl (C=O) groups is 2. The summed E-state index contributed by atoms with van der Waals surface area (Å²) in [5, 5.41) is 23.1. The van der Waals surface area contributed by atoms with Crippen LogP contribution in [0.15, 0.2) is 29.8 Å². The largest absolute Gasteiger partial charge is 0.394 e. The van der Waals surface area contributed by atoms with E-state index in [2.05, 4.69) is 22.1 Å². The predicted molar refractivity (Wildman–Crippen MR) is 164 cm³/mol. The molecule has 1 aromatic carbocycles. The van der Waals surface area contributed by atoms with Crippen LogP contribution < -0.4 is 5.32 Å². The Hall–Kier alpha value is -2.77. The van der Waals surface area contributed by atoms with Crippen LogP contribution in [0.2, 0.25) is 0 Å². The molecule has 3 rings (SSSR count). The first-order valence-electron chi connectivity index (χ1n) is 14.2. The number of aromatic nitrogens is 1. The zero-order valence-electron chi connectivity index (χ0n) is 25.6. The second-order valence-corrected chi connectivity index (χ2v) is 10.7. The molecule has 3 N–H and O–H groups in total. The molecule has 40 heavy (non-hydrogen) atoms. The summed E-state index contributed by atoms with van der Waals surface area (Å²) in [5.74, 6) is 5.58. The molecule has 2 amide bonds. The minimum atomic E-state index is -0.762. The molecule has 4 atom stereocenters. The molecule has 8 nitrogen and oxygen atoms in total. The third-order valence-corrected chi connectivity index (χ3v) is 7.37. The predicted octanol–water partition coefficient (Wildman–Crippen LogP) is 4.18. The topological polar surface area (TPSA) is 106 Å². The zero-order valence-corrected chi connectivity index (χ0v) is 26.4. The van der Waals surface area contributed by atoms with E-state index in [9.17, 15) is 19.8 Å². The van der Waals surface area contributed by atoms with Crippen molar-refractivity contribution in [2.45, 2.75) is 73.1 Å². The molecule has 9 heteroatoms. The number of hydrogen-bond acceptors (Lipinski definition) is 7. The Labute approximate surface area is 244 Å². The molecule has 2 heterocycles. The van der Waals surface area contributed by atoms with Gasteiger partial charge in [-0.2, -0.15) is 0 Å². The van der Waals surface area contributed by atoms with Crippen molar-refractivity contribution >= 4 is 23.2 Å². The standard InChI is InChI=1S/C27H36N4O4S.2C2H6/c1-17(2)18(3)27(35)31-14-21(33)13-24(31)26(34)29-23(15-32)19-8-10-20(11-9-19)25-22(28-16-36-25)7-6-12-30(4)5;2*1-2/h8-11,16-18,21,23-24,32-33H,12-15H2,1-5H3,(H,29,34);2*1-2H3. The third kappa shape index (κ3) is 9.70. The van der Waals surface area contributed by atoms with Gasteiger partial charge in [0.15, 0.2) is 0 Å².